The minimum Gasteiger partial charge on any atom is -0.444 e. The van der Waals surface area contributed by atoms with Gasteiger partial charge in [-0.15, -0.1) is 0 Å². The summed E-state index contributed by atoms with van der Waals surface area (Å²) in [6.45, 7) is 12.5. The Balaban J connectivity index is 1.53. The first-order chi connectivity index (χ1) is 19.0. The van der Waals surface area contributed by atoms with Crippen molar-refractivity contribution >= 4 is 17.7 Å². The highest BCUT2D eigenvalue weighted by atomic mass is 35.5. The molecule has 4 rings (SSSR count). The van der Waals surface area contributed by atoms with E-state index < -0.39 is 5.60 Å². The summed E-state index contributed by atoms with van der Waals surface area (Å²) >= 11 is 6.20. The predicted molar refractivity (Wildman–Crippen MR) is 157 cm³/mol. The lowest BCUT2D eigenvalue weighted by Gasteiger charge is -2.39. The minimum atomic E-state index is -0.516. The van der Waals surface area contributed by atoms with Crippen molar-refractivity contribution in [3.63, 3.8) is 0 Å². The summed E-state index contributed by atoms with van der Waals surface area (Å²) in [6, 6.07) is 13.1. The van der Waals surface area contributed by atoms with Crippen LogP contribution in [-0.2, 0) is 24.2 Å². The van der Waals surface area contributed by atoms with Gasteiger partial charge in [0.1, 0.15) is 11.4 Å². The number of amides is 1. The van der Waals surface area contributed by atoms with E-state index in [1.54, 1.807) is 6.20 Å². The monoisotopic (exact) mass is 566 g/mol. The van der Waals surface area contributed by atoms with Gasteiger partial charge in [0.2, 0.25) is 0 Å². The second-order valence-electron chi connectivity index (χ2n) is 11.8. The molecule has 0 bridgehead atoms. The Morgan fingerprint density at radius 2 is 1.80 bits per heavy atom. The summed E-state index contributed by atoms with van der Waals surface area (Å²) in [7, 11) is 0. The molecule has 1 aliphatic heterocycles. The predicted octanol–water partition coefficient (Wildman–Crippen LogP) is 7.33. The maximum Gasteiger partial charge on any atom is 0.410 e. The van der Waals surface area contributed by atoms with Crippen LogP contribution in [0.15, 0.2) is 54.9 Å². The van der Waals surface area contributed by atoms with Gasteiger partial charge in [0.15, 0.2) is 0 Å². The van der Waals surface area contributed by atoms with E-state index in [1.807, 2.05) is 63.1 Å². The molecule has 8 heteroatoms. The van der Waals surface area contributed by atoms with Crippen molar-refractivity contribution in [1.29, 1.82) is 0 Å². The molecular weight excluding hydrogens is 527 g/mol. The normalized spacial score (nSPS) is 15.3. The highest BCUT2D eigenvalue weighted by molar-refractivity contribution is 6.30. The Bertz CT molecular complexity index is 1290. The Hall–Kier alpha value is -3.03. The summed E-state index contributed by atoms with van der Waals surface area (Å²) in [4.78, 5) is 26.4. The maximum absolute atomic E-state index is 13.5. The highest BCUT2D eigenvalue weighted by Crippen LogP contribution is 2.27. The number of halogens is 2. The third kappa shape index (κ3) is 8.24. The van der Waals surface area contributed by atoms with Crippen LogP contribution in [0.3, 0.4) is 0 Å². The summed E-state index contributed by atoms with van der Waals surface area (Å²) in [5, 5.41) is 0.625. The minimum absolute atomic E-state index is 0.217. The number of aryl methyl sites for hydroxylation is 1. The van der Waals surface area contributed by atoms with Gasteiger partial charge < -0.3 is 9.64 Å². The molecule has 0 saturated carbocycles. The molecule has 1 aliphatic rings. The topological polar surface area (TPSA) is 58.6 Å². The van der Waals surface area contributed by atoms with Crippen LogP contribution in [0, 0.1) is 12.7 Å². The number of nitrogens with zero attached hydrogens (tertiary/aromatic N) is 4. The van der Waals surface area contributed by atoms with Gasteiger partial charge in [0.25, 0.3) is 0 Å². The van der Waals surface area contributed by atoms with Gasteiger partial charge in [0, 0.05) is 44.6 Å². The molecule has 0 N–H and O–H groups in total. The van der Waals surface area contributed by atoms with E-state index in [0.717, 1.165) is 41.8 Å². The number of carbonyl (C=O) groups excluding carboxylic acids is 1. The number of hydrogen-bond acceptors (Lipinski definition) is 5. The number of ether oxygens (including phenoxy) is 1. The zero-order valence-corrected chi connectivity index (χ0v) is 24.9. The molecule has 1 amide bonds. The van der Waals surface area contributed by atoms with Gasteiger partial charge >= 0.3 is 6.09 Å². The average Bonchev–Trinajstić information content (AvgIpc) is 2.90. The smallest absolute Gasteiger partial charge is 0.410 e. The standard InChI is InChI=1S/C32H40ClFN4O2/c1-22(24-8-10-27(34)11-9-24)17-25-7-6-14-35-30(25)21-38(20-29-23(2)18-26(33)19-36-29)28-12-15-37(16-13-28)31(39)40-32(3,4)5/h6-11,14,18-19,22,28H,12-13,15-17,20-21H2,1-5H3. The number of carbonyl (C=O) groups is 1. The molecule has 40 heavy (non-hydrogen) atoms. The van der Waals surface area contributed by atoms with Crippen molar-refractivity contribution in [2.75, 3.05) is 13.1 Å². The fourth-order valence-electron chi connectivity index (χ4n) is 5.21. The summed E-state index contributed by atoms with van der Waals surface area (Å²) in [5.74, 6) is -0.00767. The van der Waals surface area contributed by atoms with Crippen molar-refractivity contribution in [3.05, 3.63) is 93.8 Å². The molecule has 1 saturated heterocycles. The molecule has 1 unspecified atom stereocenters. The first kappa shape index (κ1) is 29.9. The molecule has 3 heterocycles. The molecule has 2 aromatic heterocycles. The van der Waals surface area contributed by atoms with E-state index in [-0.39, 0.29) is 23.9 Å². The van der Waals surface area contributed by atoms with Crippen LogP contribution in [0.1, 0.15) is 74.5 Å². The van der Waals surface area contributed by atoms with Gasteiger partial charge in [-0.1, -0.05) is 36.7 Å². The largest absolute Gasteiger partial charge is 0.444 e. The van der Waals surface area contributed by atoms with Crippen LogP contribution in [0.4, 0.5) is 9.18 Å². The van der Waals surface area contributed by atoms with Crippen LogP contribution >= 0.6 is 11.6 Å². The Kier molecular flexibility index (Phi) is 9.80. The molecule has 0 spiro atoms. The van der Waals surface area contributed by atoms with E-state index in [9.17, 15) is 9.18 Å². The van der Waals surface area contributed by atoms with Crippen LogP contribution in [0.2, 0.25) is 5.02 Å². The van der Waals surface area contributed by atoms with Crippen LogP contribution in [-0.4, -0.2) is 50.6 Å². The molecule has 214 valence electrons. The van der Waals surface area contributed by atoms with Crippen molar-refractivity contribution in [1.82, 2.24) is 19.8 Å². The molecule has 3 aromatic rings. The first-order valence-electron chi connectivity index (χ1n) is 14.0. The SMILES string of the molecule is Cc1cc(Cl)cnc1CN(Cc1ncccc1CC(C)c1ccc(F)cc1)C1CCN(C(=O)OC(C)(C)C)CC1. The average molecular weight is 567 g/mol. The van der Waals surface area contributed by atoms with Crippen molar-refractivity contribution < 1.29 is 13.9 Å². The van der Waals surface area contributed by atoms with E-state index >= 15 is 0 Å². The van der Waals surface area contributed by atoms with E-state index in [2.05, 4.69) is 22.9 Å². The summed E-state index contributed by atoms with van der Waals surface area (Å²) in [6.07, 6.45) is 5.76. The van der Waals surface area contributed by atoms with Gasteiger partial charge in [-0.3, -0.25) is 14.9 Å². The number of benzene rings is 1. The van der Waals surface area contributed by atoms with Gasteiger partial charge in [-0.05, 0) is 93.8 Å². The molecular formula is C32H40ClFN4O2. The quantitative estimate of drug-likeness (QED) is 0.286. The first-order valence-corrected chi connectivity index (χ1v) is 14.4. The molecule has 0 radical (unpaired) electrons. The fourth-order valence-corrected chi connectivity index (χ4v) is 5.42. The fraction of sp³-hybridized carbons (Fsp3) is 0.469. The second-order valence-corrected chi connectivity index (χ2v) is 12.2. The number of pyridine rings is 2. The van der Waals surface area contributed by atoms with Crippen LogP contribution in [0.5, 0.6) is 0 Å². The van der Waals surface area contributed by atoms with Gasteiger partial charge in [0.05, 0.1) is 16.4 Å². The lowest BCUT2D eigenvalue weighted by Crippen LogP contribution is -2.47. The zero-order valence-electron chi connectivity index (χ0n) is 24.2. The van der Waals surface area contributed by atoms with Crippen molar-refractivity contribution in [3.8, 4) is 0 Å². The molecule has 6 nitrogen and oxygen atoms in total. The summed E-state index contributed by atoms with van der Waals surface area (Å²) < 4.78 is 19.1. The Morgan fingerprint density at radius 1 is 1.12 bits per heavy atom. The second kappa shape index (κ2) is 13.1. The number of aromatic nitrogens is 2. The van der Waals surface area contributed by atoms with Gasteiger partial charge in [-0.2, -0.15) is 0 Å². The molecule has 0 aliphatic carbocycles. The Morgan fingerprint density at radius 3 is 2.45 bits per heavy atom. The van der Waals surface area contributed by atoms with Gasteiger partial charge in [-0.25, -0.2) is 9.18 Å². The van der Waals surface area contributed by atoms with E-state index in [0.29, 0.717) is 31.2 Å². The number of likely N-dealkylation sites (tertiary alicyclic amines) is 1. The van der Waals surface area contributed by atoms with Crippen LogP contribution < -0.4 is 0 Å². The molecule has 1 fully saturated rings. The van der Waals surface area contributed by atoms with Crippen LogP contribution in [0.25, 0.3) is 0 Å². The molecule has 1 aromatic carbocycles. The molecule has 1 atom stereocenters. The zero-order chi connectivity index (χ0) is 28.9. The third-order valence-corrected chi connectivity index (χ3v) is 7.65. The Labute approximate surface area is 242 Å². The number of rotatable bonds is 8. The number of hydrogen-bond donors (Lipinski definition) is 0. The van der Waals surface area contributed by atoms with Crippen molar-refractivity contribution in [2.45, 2.75) is 84.5 Å². The van der Waals surface area contributed by atoms with Crippen molar-refractivity contribution in [2.24, 2.45) is 0 Å². The summed E-state index contributed by atoms with van der Waals surface area (Å²) in [5.41, 5.74) is 4.82. The van der Waals surface area contributed by atoms with E-state index in [1.165, 1.54) is 17.7 Å². The number of piperidine rings is 1. The van der Waals surface area contributed by atoms with E-state index in [4.69, 9.17) is 21.3 Å². The lowest BCUT2D eigenvalue weighted by molar-refractivity contribution is 0.0129. The lowest BCUT2D eigenvalue weighted by atomic mass is 9.92. The third-order valence-electron chi connectivity index (χ3n) is 7.44. The highest BCUT2D eigenvalue weighted by Gasteiger charge is 2.30. The maximum atomic E-state index is 13.5.